The number of carbonyl (C=O) groups is 1. The Morgan fingerprint density at radius 2 is 1.92 bits per heavy atom. The number of amides is 1. The van der Waals surface area contributed by atoms with Gasteiger partial charge >= 0.3 is 0 Å². The van der Waals surface area contributed by atoms with Crippen LogP contribution in [0.3, 0.4) is 0 Å². The Morgan fingerprint density at radius 1 is 1.33 bits per heavy atom. The van der Waals surface area contributed by atoms with Crippen molar-refractivity contribution < 1.29 is 15.0 Å². The van der Waals surface area contributed by atoms with Crippen LogP contribution in [0.15, 0.2) is 0 Å². The third-order valence-electron chi connectivity index (χ3n) is 2.37. The molecular formula is C8H15NO3. The fraction of sp³-hybridized carbons (Fsp3) is 0.875. The summed E-state index contributed by atoms with van der Waals surface area (Å²) in [5, 5.41) is 20.9. The number of nitrogens with one attached hydrogen (secondary N) is 1. The molecule has 0 saturated heterocycles. The number of carbonyl (C=O) groups excluding carboxylic acids is 1. The lowest BCUT2D eigenvalue weighted by Crippen LogP contribution is -2.17. The molecule has 12 heavy (non-hydrogen) atoms. The van der Waals surface area contributed by atoms with Gasteiger partial charge in [0.1, 0.15) is 0 Å². The fourth-order valence-corrected chi connectivity index (χ4v) is 1.68. The molecule has 0 radical (unpaired) electrons. The number of aliphatic hydroxyl groups excluding tert-OH is 2. The minimum absolute atomic E-state index is 0.349. The first kappa shape index (κ1) is 9.48. The van der Waals surface area contributed by atoms with Gasteiger partial charge in [0.15, 0.2) is 0 Å². The van der Waals surface area contributed by atoms with Gasteiger partial charge in [-0.05, 0) is 25.2 Å². The van der Waals surface area contributed by atoms with Gasteiger partial charge in [0.2, 0.25) is 6.41 Å². The van der Waals surface area contributed by atoms with Crippen molar-refractivity contribution in [3.05, 3.63) is 0 Å². The van der Waals surface area contributed by atoms with Gasteiger partial charge in [0.25, 0.3) is 0 Å². The maximum atomic E-state index is 9.90. The van der Waals surface area contributed by atoms with Crippen LogP contribution in [0.1, 0.15) is 19.3 Å². The molecule has 4 nitrogen and oxygen atoms in total. The lowest BCUT2D eigenvalue weighted by Gasteiger charge is -2.06. The van der Waals surface area contributed by atoms with Crippen LogP contribution in [-0.4, -0.2) is 35.4 Å². The highest BCUT2D eigenvalue weighted by Gasteiger charge is 2.30. The van der Waals surface area contributed by atoms with Gasteiger partial charge in [-0.2, -0.15) is 0 Å². The first-order chi connectivity index (χ1) is 5.74. The Kier molecular flexibility index (Phi) is 3.49. The van der Waals surface area contributed by atoms with E-state index in [1.807, 2.05) is 0 Å². The number of rotatable bonds is 4. The van der Waals surface area contributed by atoms with E-state index in [0.717, 1.165) is 6.42 Å². The molecule has 70 valence electrons. The Hall–Kier alpha value is -0.610. The van der Waals surface area contributed by atoms with Gasteiger partial charge in [-0.3, -0.25) is 4.79 Å². The zero-order chi connectivity index (χ0) is 8.97. The molecule has 4 heteroatoms. The van der Waals surface area contributed by atoms with Crippen molar-refractivity contribution in [2.24, 2.45) is 5.92 Å². The fourth-order valence-electron chi connectivity index (χ4n) is 1.68. The maximum Gasteiger partial charge on any atom is 0.207 e. The highest BCUT2D eigenvalue weighted by atomic mass is 16.3. The van der Waals surface area contributed by atoms with Crippen LogP contribution in [0.5, 0.6) is 0 Å². The molecule has 2 unspecified atom stereocenters. The SMILES string of the molecule is O=CNCCC1CC(O)C(O)C1. The average Bonchev–Trinajstić information content (AvgIpc) is 2.32. The topological polar surface area (TPSA) is 69.6 Å². The molecule has 0 aromatic heterocycles. The summed E-state index contributed by atoms with van der Waals surface area (Å²) in [6.07, 6.45) is 1.69. The van der Waals surface area contributed by atoms with Crippen molar-refractivity contribution in [2.75, 3.05) is 6.54 Å². The van der Waals surface area contributed by atoms with E-state index < -0.39 is 12.2 Å². The highest BCUT2D eigenvalue weighted by molar-refractivity contribution is 5.45. The quantitative estimate of drug-likeness (QED) is 0.387. The summed E-state index contributed by atoms with van der Waals surface area (Å²) in [7, 11) is 0. The van der Waals surface area contributed by atoms with Crippen LogP contribution in [0.2, 0.25) is 0 Å². The van der Waals surface area contributed by atoms with Gasteiger partial charge in [0, 0.05) is 6.54 Å². The minimum Gasteiger partial charge on any atom is -0.390 e. The first-order valence-corrected chi connectivity index (χ1v) is 4.27. The normalized spacial score (nSPS) is 35.0. The van der Waals surface area contributed by atoms with Crippen molar-refractivity contribution in [3.8, 4) is 0 Å². The summed E-state index contributed by atoms with van der Waals surface area (Å²) < 4.78 is 0. The molecule has 2 atom stereocenters. The second-order valence-electron chi connectivity index (χ2n) is 3.33. The number of hydrogen-bond donors (Lipinski definition) is 3. The van der Waals surface area contributed by atoms with Gasteiger partial charge in [0.05, 0.1) is 12.2 Å². The summed E-state index contributed by atoms with van der Waals surface area (Å²) in [5.41, 5.74) is 0. The molecule has 3 N–H and O–H groups in total. The number of aliphatic hydroxyl groups is 2. The molecule has 1 aliphatic carbocycles. The summed E-state index contributed by atoms with van der Waals surface area (Å²) in [6, 6.07) is 0. The van der Waals surface area contributed by atoms with Crippen molar-refractivity contribution >= 4 is 6.41 Å². The van der Waals surface area contributed by atoms with Crippen LogP contribution in [0.4, 0.5) is 0 Å². The summed E-state index contributed by atoms with van der Waals surface area (Å²) in [6.45, 7) is 0.633. The number of hydrogen-bond acceptors (Lipinski definition) is 3. The van der Waals surface area contributed by atoms with Crippen molar-refractivity contribution in [1.29, 1.82) is 0 Å². The molecule has 0 spiro atoms. The lowest BCUT2D eigenvalue weighted by molar-refractivity contribution is -0.109. The van der Waals surface area contributed by atoms with E-state index in [4.69, 9.17) is 0 Å². The Balaban J connectivity index is 2.14. The predicted molar refractivity (Wildman–Crippen MR) is 43.4 cm³/mol. The molecule has 0 aromatic carbocycles. The summed E-state index contributed by atoms with van der Waals surface area (Å²) in [4.78, 5) is 9.90. The van der Waals surface area contributed by atoms with E-state index in [0.29, 0.717) is 31.7 Å². The standard InChI is InChI=1S/C8H15NO3/c10-5-9-2-1-6-3-7(11)8(12)4-6/h5-8,11-12H,1-4H2,(H,9,10). The smallest absolute Gasteiger partial charge is 0.207 e. The van der Waals surface area contributed by atoms with Gasteiger partial charge < -0.3 is 15.5 Å². The molecule has 0 bridgehead atoms. The molecule has 0 aliphatic heterocycles. The average molecular weight is 173 g/mol. The van der Waals surface area contributed by atoms with E-state index in [2.05, 4.69) is 5.32 Å². The largest absolute Gasteiger partial charge is 0.390 e. The monoisotopic (exact) mass is 173 g/mol. The molecular weight excluding hydrogens is 158 g/mol. The van der Waals surface area contributed by atoms with E-state index in [9.17, 15) is 15.0 Å². The van der Waals surface area contributed by atoms with Gasteiger partial charge in [-0.1, -0.05) is 0 Å². The lowest BCUT2D eigenvalue weighted by atomic mass is 10.0. The first-order valence-electron chi connectivity index (χ1n) is 4.27. The third kappa shape index (κ3) is 2.46. The molecule has 0 aromatic rings. The van der Waals surface area contributed by atoms with Crippen LogP contribution in [0.25, 0.3) is 0 Å². The van der Waals surface area contributed by atoms with Crippen molar-refractivity contribution in [2.45, 2.75) is 31.5 Å². The minimum atomic E-state index is -0.564. The van der Waals surface area contributed by atoms with Gasteiger partial charge in [-0.25, -0.2) is 0 Å². The van der Waals surface area contributed by atoms with Crippen molar-refractivity contribution in [1.82, 2.24) is 5.32 Å². The van der Waals surface area contributed by atoms with Crippen molar-refractivity contribution in [3.63, 3.8) is 0 Å². The maximum absolute atomic E-state index is 9.90. The Morgan fingerprint density at radius 3 is 2.42 bits per heavy atom. The van der Waals surface area contributed by atoms with Crippen LogP contribution < -0.4 is 5.32 Å². The van der Waals surface area contributed by atoms with Crippen LogP contribution >= 0.6 is 0 Å². The molecule has 1 rings (SSSR count). The van der Waals surface area contributed by atoms with Crippen LogP contribution in [0, 0.1) is 5.92 Å². The second kappa shape index (κ2) is 4.42. The van der Waals surface area contributed by atoms with E-state index in [-0.39, 0.29) is 0 Å². The molecule has 1 saturated carbocycles. The predicted octanol–water partition coefficient (Wildman–Crippen LogP) is -0.746. The molecule has 1 amide bonds. The summed E-state index contributed by atoms with van der Waals surface area (Å²) >= 11 is 0. The Bertz CT molecular complexity index is 141. The van der Waals surface area contributed by atoms with E-state index in [1.54, 1.807) is 0 Å². The highest BCUT2D eigenvalue weighted by Crippen LogP contribution is 2.27. The second-order valence-corrected chi connectivity index (χ2v) is 3.33. The zero-order valence-corrected chi connectivity index (χ0v) is 6.94. The van der Waals surface area contributed by atoms with E-state index in [1.165, 1.54) is 0 Å². The molecule has 1 fully saturated rings. The zero-order valence-electron chi connectivity index (χ0n) is 6.94. The Labute approximate surface area is 71.6 Å². The van der Waals surface area contributed by atoms with Gasteiger partial charge in [-0.15, -0.1) is 0 Å². The van der Waals surface area contributed by atoms with E-state index >= 15 is 0 Å². The van der Waals surface area contributed by atoms with Crippen LogP contribution in [-0.2, 0) is 4.79 Å². The summed E-state index contributed by atoms with van der Waals surface area (Å²) in [5.74, 6) is 0.349. The molecule has 1 aliphatic rings. The molecule has 0 heterocycles. The third-order valence-corrected chi connectivity index (χ3v) is 2.37.